The first-order valence-corrected chi connectivity index (χ1v) is 46.3. The molecule has 0 bridgehead atoms. The number of aromatic nitrogens is 1. The third-order valence-corrected chi connectivity index (χ3v) is 24.0. The summed E-state index contributed by atoms with van der Waals surface area (Å²) < 4.78 is 140. The molecular formula is C84H151N5O30SSi. The van der Waals surface area contributed by atoms with Crippen molar-refractivity contribution in [2.75, 3.05) is 318 Å². The van der Waals surface area contributed by atoms with Gasteiger partial charge in [-0.2, -0.15) is 0 Å². The summed E-state index contributed by atoms with van der Waals surface area (Å²) in [6.07, 6.45) is -1.52. The Balaban J connectivity index is 1.09. The van der Waals surface area contributed by atoms with Crippen LogP contribution in [0.3, 0.4) is 0 Å². The quantitative estimate of drug-likeness (QED) is 0.0294. The normalized spacial score (nSPS) is 14.5. The zero-order valence-corrected chi connectivity index (χ0v) is 77.2. The minimum atomic E-state index is -2.42. The van der Waals surface area contributed by atoms with Gasteiger partial charge in [0.15, 0.2) is 8.32 Å². The van der Waals surface area contributed by atoms with Gasteiger partial charge in [0, 0.05) is 40.1 Å². The zero-order chi connectivity index (χ0) is 88.4. The van der Waals surface area contributed by atoms with Crippen LogP contribution in [-0.4, -0.2) is 400 Å². The largest absolute Gasteiger partial charge is 0.463 e. The van der Waals surface area contributed by atoms with Crippen molar-refractivity contribution >= 4 is 49.9 Å². The molecule has 0 aliphatic carbocycles. The molecule has 0 saturated carbocycles. The zero-order valence-electron chi connectivity index (χ0n) is 75.4. The van der Waals surface area contributed by atoms with Gasteiger partial charge in [-0.25, -0.2) is 9.78 Å². The van der Waals surface area contributed by atoms with Crippen molar-refractivity contribution in [1.29, 1.82) is 0 Å². The Kier molecular flexibility index (Phi) is 63.4. The van der Waals surface area contributed by atoms with Crippen molar-refractivity contribution in [3.05, 3.63) is 41.0 Å². The number of hydrogen-bond donors (Lipinski definition) is 1. The first-order chi connectivity index (χ1) is 58.3. The van der Waals surface area contributed by atoms with Gasteiger partial charge >= 0.3 is 12.1 Å². The number of benzene rings is 1. The Bertz CT molecular complexity index is 2880. The highest BCUT2D eigenvalue weighted by molar-refractivity contribution is 7.13. The molecule has 1 aliphatic rings. The molecule has 4 atom stereocenters. The van der Waals surface area contributed by atoms with Gasteiger partial charge in [0.1, 0.15) is 24.4 Å². The highest BCUT2D eigenvalue weighted by Crippen LogP contribution is 2.41. The number of thiazole rings is 1. The van der Waals surface area contributed by atoms with Gasteiger partial charge in [-0.1, -0.05) is 65.8 Å². The van der Waals surface area contributed by atoms with E-state index in [0.717, 1.165) is 16.1 Å². The molecule has 35 nitrogen and oxygen atoms in total. The van der Waals surface area contributed by atoms with Gasteiger partial charge < -0.3 is 138 Å². The summed E-state index contributed by atoms with van der Waals surface area (Å²) in [4.78, 5) is 79.1. The second-order valence-electron chi connectivity index (χ2n) is 31.5. The molecule has 0 spiro atoms. The lowest BCUT2D eigenvalue weighted by molar-refractivity contribution is -0.152. The summed E-state index contributed by atoms with van der Waals surface area (Å²) >= 11 is 1.51. The third-order valence-electron chi connectivity index (χ3n) is 18.5. The smallest absolute Gasteiger partial charge is 0.408 e. The fourth-order valence-corrected chi connectivity index (χ4v) is 13.1. The molecule has 2 heterocycles. The maximum Gasteiger partial charge on any atom is 0.408 e. The minimum Gasteiger partial charge on any atom is -0.463 e. The molecule has 3 rings (SSSR count). The Labute approximate surface area is 725 Å². The van der Waals surface area contributed by atoms with Crippen LogP contribution in [0.1, 0.15) is 98.9 Å². The Hall–Kier alpha value is -4.70. The summed E-state index contributed by atoms with van der Waals surface area (Å²) in [5.74, 6) is -1.35. The van der Waals surface area contributed by atoms with Gasteiger partial charge in [0.05, 0.1) is 319 Å². The number of nitrogens with zero attached hydrogens (tertiary/aromatic N) is 4. The molecule has 2 aromatic rings. The van der Waals surface area contributed by atoms with Crippen LogP contribution in [0.2, 0.25) is 18.1 Å². The average Bonchev–Trinajstić information content (AvgIpc) is 1.64. The number of methoxy groups -OCH3 is 1. The van der Waals surface area contributed by atoms with Crippen molar-refractivity contribution in [2.45, 2.75) is 137 Å². The second kappa shape index (κ2) is 69.4. The Morgan fingerprint density at radius 1 is 0.504 bits per heavy atom. The predicted octanol–water partition coefficient (Wildman–Crippen LogP) is 7.28. The number of carbonyl (C=O) groups excluding carboxylic acids is 5. The number of likely N-dealkylation sites (tertiary alicyclic amines) is 1. The van der Waals surface area contributed by atoms with Crippen LogP contribution in [-0.2, 0) is 137 Å². The van der Waals surface area contributed by atoms with Crippen LogP contribution in [0.4, 0.5) is 4.79 Å². The molecule has 0 radical (unpaired) electrons. The van der Waals surface area contributed by atoms with Gasteiger partial charge in [-0.05, 0) is 62.4 Å². The van der Waals surface area contributed by atoms with Crippen LogP contribution in [0, 0.1) is 12.3 Å². The van der Waals surface area contributed by atoms with E-state index in [9.17, 15) is 19.2 Å². The van der Waals surface area contributed by atoms with Crippen LogP contribution in [0.5, 0.6) is 0 Å². The van der Waals surface area contributed by atoms with Gasteiger partial charge in [0.25, 0.3) is 0 Å². The van der Waals surface area contributed by atoms with Crippen LogP contribution in [0.25, 0.3) is 10.4 Å². The number of aryl methyl sites for hydroxylation is 1. The highest BCUT2D eigenvalue weighted by atomic mass is 32.1. The van der Waals surface area contributed by atoms with Gasteiger partial charge in [-0.3, -0.25) is 19.2 Å². The van der Waals surface area contributed by atoms with E-state index in [1.807, 2.05) is 52.0 Å². The fourth-order valence-electron chi connectivity index (χ4n) is 11.0. The predicted molar refractivity (Wildman–Crippen MR) is 455 cm³/mol. The lowest BCUT2D eigenvalue weighted by Crippen LogP contribution is -2.59. The molecule has 4 amide bonds. The average molecular weight is 1770 g/mol. The van der Waals surface area contributed by atoms with Gasteiger partial charge in [0.2, 0.25) is 18.2 Å². The SMILES string of the molecule is COCCOCCOCCOCCOCCOCCOCCOCCOCCOCCOCCOCCOCCOCCOCCOCCOCCOCCOCCOCCOCCOCCN(C)C(=O)CCC(=O)OC[C@@H](c1ccc(-c2scnc2C)cc1)N(C=O)[C@@H]1C[C@@H](O[Si](C)(C)C(C)(C)C)CN1C(=O)[C@@H](NC(=O)OC(C)(C)C)C(C)(C)C. The molecule has 702 valence electrons. The lowest BCUT2D eigenvalue weighted by atomic mass is 9.85. The number of rotatable bonds is 80. The van der Waals surface area contributed by atoms with E-state index >= 15 is 4.79 Å². The standard InChI is InChI=1S/C84H151N5O30SSi/c1-70-78(120-68-85-70)72-17-15-71(16-18-72)74(89(69-90)75-65-73(119-121(13,14)84(8,9)10)66-88(75)80(93)79(82(2,3)4)86-81(94)118-83(5,6)7)67-117-77(92)20-19-76(91)87(11)21-22-96-25-26-98-29-30-100-33-34-102-37-38-104-41-42-106-45-46-108-49-50-110-53-54-112-57-58-114-61-62-116-64-63-115-60-59-113-56-55-111-52-51-109-48-47-107-44-43-105-40-39-103-36-35-101-32-31-99-28-27-97-24-23-95-12/h15-18,68-69,73-75,79H,19-67H2,1-14H3,(H,86,94)/t73-,74+,75-,79-/m1/s1. The van der Waals surface area contributed by atoms with Crippen molar-refractivity contribution in [3.63, 3.8) is 0 Å². The fraction of sp³-hybridized carbons (Fsp3) is 0.833. The Morgan fingerprint density at radius 3 is 1.12 bits per heavy atom. The Morgan fingerprint density at radius 2 is 0.835 bits per heavy atom. The van der Waals surface area contributed by atoms with Crippen molar-refractivity contribution in [3.8, 4) is 10.4 Å². The molecule has 1 saturated heterocycles. The minimum absolute atomic E-state index is 0.124. The van der Waals surface area contributed by atoms with Crippen molar-refractivity contribution in [1.82, 2.24) is 25.0 Å². The molecule has 1 fully saturated rings. The number of likely N-dealkylation sites (N-methyl/N-ethyl adjacent to an activating group) is 1. The maximum atomic E-state index is 15.1. The summed E-state index contributed by atoms with van der Waals surface area (Å²) in [6, 6.07) is 5.65. The van der Waals surface area contributed by atoms with Crippen LogP contribution < -0.4 is 5.32 Å². The van der Waals surface area contributed by atoms with E-state index < -0.39 is 61.7 Å². The molecule has 1 aliphatic heterocycles. The first-order valence-electron chi connectivity index (χ1n) is 42.5. The molecule has 1 N–H and O–H groups in total. The number of esters is 1. The molecule has 121 heavy (non-hydrogen) atoms. The lowest BCUT2D eigenvalue weighted by Gasteiger charge is -2.41. The number of ether oxygens (including phenoxy) is 24. The molecule has 37 heteroatoms. The number of amides is 4. The molecule has 1 aromatic heterocycles. The summed E-state index contributed by atoms with van der Waals surface area (Å²) in [5, 5.41) is 2.67. The number of alkyl carbamates (subject to hydrolysis) is 1. The van der Waals surface area contributed by atoms with E-state index in [4.69, 9.17) is 118 Å². The topological polar surface area (TPSA) is 351 Å². The maximum absolute atomic E-state index is 15.1. The summed E-state index contributed by atoms with van der Waals surface area (Å²) in [7, 11) is 0.853. The summed E-state index contributed by atoms with van der Waals surface area (Å²) in [6.45, 7) is 43.3. The number of carbonyl (C=O) groups is 5. The summed E-state index contributed by atoms with van der Waals surface area (Å²) in [5.41, 5.74) is 2.59. The van der Waals surface area contributed by atoms with E-state index in [-0.39, 0.29) is 56.5 Å². The van der Waals surface area contributed by atoms with E-state index in [1.165, 1.54) is 21.1 Å². The first kappa shape index (κ1) is 110. The number of hydrogen-bond acceptors (Lipinski definition) is 32. The second-order valence-corrected chi connectivity index (χ2v) is 37.1. The monoisotopic (exact) mass is 1770 g/mol. The van der Waals surface area contributed by atoms with E-state index in [2.05, 4.69) is 44.2 Å². The van der Waals surface area contributed by atoms with Crippen LogP contribution in [0.15, 0.2) is 29.8 Å². The number of nitrogens with one attached hydrogen (secondary N) is 1. The highest BCUT2D eigenvalue weighted by Gasteiger charge is 2.49. The van der Waals surface area contributed by atoms with Crippen molar-refractivity contribution in [2.24, 2.45) is 5.41 Å². The molecule has 0 unspecified atom stereocenters. The van der Waals surface area contributed by atoms with E-state index in [1.54, 1.807) is 45.3 Å². The molecule has 1 aromatic carbocycles. The third kappa shape index (κ3) is 55.5. The van der Waals surface area contributed by atoms with Gasteiger partial charge in [-0.15, -0.1) is 11.3 Å². The van der Waals surface area contributed by atoms with Crippen molar-refractivity contribution < 1.29 is 142 Å². The molecular weight excluding hydrogens is 1620 g/mol. The van der Waals surface area contributed by atoms with Crippen LogP contribution >= 0.6 is 11.3 Å². The van der Waals surface area contributed by atoms with E-state index in [0.29, 0.717) is 289 Å².